The van der Waals surface area contributed by atoms with Crippen LogP contribution in [0, 0.1) is 5.92 Å². The van der Waals surface area contributed by atoms with Crippen LogP contribution in [0.1, 0.15) is 54.0 Å². The SMILES string of the molecule is CCc1ccsc1C(=CCCN1CCC[C@@H](C(=O)O)C1)c1sccc1CC.Cl. The summed E-state index contributed by atoms with van der Waals surface area (Å²) in [6.07, 6.45) is 7.26. The van der Waals surface area contributed by atoms with Gasteiger partial charge in [-0.15, -0.1) is 35.1 Å². The molecule has 0 aliphatic carbocycles. The standard InChI is InChI=1S/C22H29NO2S2.ClH/c1-3-16-9-13-26-20(16)19(21-17(4-2)10-14-27-21)8-6-12-23-11-5-7-18(15-23)22(24)25;/h8-10,13-14,18H,3-7,11-12,15H2,1-2H3,(H,24,25);1H/t18-;/m1./s1. The second-order valence-electron chi connectivity index (χ2n) is 7.14. The van der Waals surface area contributed by atoms with Crippen molar-refractivity contribution in [2.45, 2.75) is 46.0 Å². The van der Waals surface area contributed by atoms with Crippen LogP contribution in [0.3, 0.4) is 0 Å². The van der Waals surface area contributed by atoms with Crippen LogP contribution in [0.4, 0.5) is 0 Å². The Hall–Kier alpha value is -1.14. The van der Waals surface area contributed by atoms with Crippen molar-refractivity contribution < 1.29 is 9.90 Å². The number of carboxylic acid groups (broad SMARTS) is 1. The molecule has 0 amide bonds. The third kappa shape index (κ3) is 5.47. The molecule has 1 fully saturated rings. The Morgan fingerprint density at radius 2 is 1.79 bits per heavy atom. The highest BCUT2D eigenvalue weighted by atomic mass is 35.5. The zero-order valence-electron chi connectivity index (χ0n) is 16.6. The molecule has 6 heteroatoms. The predicted octanol–water partition coefficient (Wildman–Crippen LogP) is 5.97. The molecule has 2 aromatic heterocycles. The predicted molar refractivity (Wildman–Crippen MR) is 123 cm³/mol. The first-order valence-corrected chi connectivity index (χ1v) is 11.7. The summed E-state index contributed by atoms with van der Waals surface area (Å²) in [5, 5.41) is 13.7. The van der Waals surface area contributed by atoms with Crippen molar-refractivity contribution >= 4 is 46.6 Å². The van der Waals surface area contributed by atoms with E-state index in [1.807, 2.05) is 22.7 Å². The molecule has 0 bridgehead atoms. The van der Waals surface area contributed by atoms with Crippen molar-refractivity contribution in [3.63, 3.8) is 0 Å². The van der Waals surface area contributed by atoms with Gasteiger partial charge in [0.25, 0.3) is 0 Å². The minimum absolute atomic E-state index is 0. The maximum atomic E-state index is 11.3. The molecular weight excluding hydrogens is 410 g/mol. The third-order valence-corrected chi connectivity index (χ3v) is 7.37. The molecule has 3 heterocycles. The van der Waals surface area contributed by atoms with Crippen molar-refractivity contribution in [2.24, 2.45) is 5.92 Å². The van der Waals surface area contributed by atoms with Gasteiger partial charge < -0.3 is 10.0 Å². The number of hydrogen-bond acceptors (Lipinski definition) is 4. The fourth-order valence-electron chi connectivity index (χ4n) is 3.84. The lowest BCUT2D eigenvalue weighted by Crippen LogP contribution is -2.39. The number of aryl methyl sites for hydroxylation is 2. The van der Waals surface area contributed by atoms with Crippen LogP contribution in [0.5, 0.6) is 0 Å². The molecule has 0 radical (unpaired) electrons. The van der Waals surface area contributed by atoms with Crippen LogP contribution in [0.2, 0.25) is 0 Å². The molecular formula is C22H30ClNO2S2. The molecule has 1 saturated heterocycles. The summed E-state index contributed by atoms with van der Waals surface area (Å²) in [5.41, 5.74) is 4.22. The normalized spacial score (nSPS) is 17.1. The molecule has 1 aliphatic rings. The summed E-state index contributed by atoms with van der Waals surface area (Å²) < 4.78 is 0. The van der Waals surface area contributed by atoms with Gasteiger partial charge in [0.05, 0.1) is 5.92 Å². The van der Waals surface area contributed by atoms with Gasteiger partial charge in [-0.05, 0) is 72.7 Å². The first kappa shape index (κ1) is 23.1. The van der Waals surface area contributed by atoms with Gasteiger partial charge in [0.1, 0.15) is 0 Å². The van der Waals surface area contributed by atoms with E-state index in [2.05, 4.69) is 47.7 Å². The number of carbonyl (C=O) groups is 1. The van der Waals surface area contributed by atoms with Crippen LogP contribution in [-0.2, 0) is 17.6 Å². The van der Waals surface area contributed by atoms with E-state index in [-0.39, 0.29) is 18.3 Å². The molecule has 1 N–H and O–H groups in total. The van der Waals surface area contributed by atoms with Gasteiger partial charge in [-0.25, -0.2) is 0 Å². The van der Waals surface area contributed by atoms with Crippen LogP contribution < -0.4 is 0 Å². The first-order chi connectivity index (χ1) is 13.1. The minimum atomic E-state index is -0.645. The number of halogens is 1. The van der Waals surface area contributed by atoms with Crippen LogP contribution in [0.25, 0.3) is 5.57 Å². The molecule has 28 heavy (non-hydrogen) atoms. The highest BCUT2D eigenvalue weighted by molar-refractivity contribution is 7.14. The average molecular weight is 440 g/mol. The topological polar surface area (TPSA) is 40.5 Å². The molecule has 0 aromatic carbocycles. The Balaban J connectivity index is 0.00000280. The van der Waals surface area contributed by atoms with E-state index in [0.29, 0.717) is 6.54 Å². The third-order valence-electron chi connectivity index (χ3n) is 5.39. The van der Waals surface area contributed by atoms with Gasteiger partial charge in [-0.3, -0.25) is 4.79 Å². The summed E-state index contributed by atoms with van der Waals surface area (Å²) in [7, 11) is 0. The molecule has 154 valence electrons. The number of carboxylic acids is 1. The van der Waals surface area contributed by atoms with Gasteiger partial charge in [0.15, 0.2) is 0 Å². The summed E-state index contributed by atoms with van der Waals surface area (Å²) in [6.45, 7) is 7.09. The largest absolute Gasteiger partial charge is 0.481 e. The number of aliphatic carboxylic acids is 1. The average Bonchev–Trinajstić information content (AvgIpc) is 3.34. The van der Waals surface area contributed by atoms with Gasteiger partial charge in [-0.1, -0.05) is 19.9 Å². The Kier molecular flexibility index (Phi) is 9.22. The summed E-state index contributed by atoms with van der Waals surface area (Å²) in [4.78, 5) is 16.4. The Bertz CT molecular complexity index is 752. The second kappa shape index (κ2) is 11.1. The zero-order chi connectivity index (χ0) is 19.2. The Morgan fingerprint density at radius 1 is 1.18 bits per heavy atom. The molecule has 1 atom stereocenters. The van der Waals surface area contributed by atoms with Crippen molar-refractivity contribution in [1.82, 2.24) is 4.90 Å². The van der Waals surface area contributed by atoms with Crippen molar-refractivity contribution in [1.29, 1.82) is 0 Å². The van der Waals surface area contributed by atoms with Crippen molar-refractivity contribution in [2.75, 3.05) is 19.6 Å². The van der Waals surface area contributed by atoms with Crippen LogP contribution in [0.15, 0.2) is 29.0 Å². The van der Waals surface area contributed by atoms with E-state index in [1.54, 1.807) is 0 Å². The van der Waals surface area contributed by atoms with E-state index in [9.17, 15) is 9.90 Å². The van der Waals surface area contributed by atoms with Gasteiger partial charge in [0, 0.05) is 28.4 Å². The summed E-state index contributed by atoms with van der Waals surface area (Å²) in [5.74, 6) is -0.844. The highest BCUT2D eigenvalue weighted by Crippen LogP contribution is 2.36. The molecule has 1 aliphatic heterocycles. The lowest BCUT2D eigenvalue weighted by molar-refractivity contribution is -0.143. The highest BCUT2D eigenvalue weighted by Gasteiger charge is 2.24. The molecule has 0 unspecified atom stereocenters. The van der Waals surface area contributed by atoms with E-state index < -0.39 is 5.97 Å². The van der Waals surface area contributed by atoms with E-state index >= 15 is 0 Å². The van der Waals surface area contributed by atoms with Gasteiger partial charge in [-0.2, -0.15) is 0 Å². The van der Waals surface area contributed by atoms with Crippen molar-refractivity contribution in [3.8, 4) is 0 Å². The lowest BCUT2D eigenvalue weighted by Gasteiger charge is -2.30. The van der Waals surface area contributed by atoms with E-state index in [1.165, 1.54) is 26.5 Å². The summed E-state index contributed by atoms with van der Waals surface area (Å²) in [6, 6.07) is 4.49. The molecule has 0 spiro atoms. The molecule has 3 rings (SSSR count). The first-order valence-electron chi connectivity index (χ1n) is 9.92. The quantitative estimate of drug-likeness (QED) is 0.550. The Labute approximate surface area is 182 Å². The van der Waals surface area contributed by atoms with E-state index in [4.69, 9.17) is 0 Å². The van der Waals surface area contributed by atoms with E-state index in [0.717, 1.165) is 45.2 Å². The molecule has 3 nitrogen and oxygen atoms in total. The fourth-order valence-corrected chi connectivity index (χ4v) is 5.99. The van der Waals surface area contributed by atoms with Crippen molar-refractivity contribution in [3.05, 3.63) is 49.9 Å². The number of hydrogen-bond donors (Lipinski definition) is 1. The van der Waals surface area contributed by atoms with Crippen LogP contribution >= 0.6 is 35.1 Å². The fraction of sp³-hybridized carbons (Fsp3) is 0.500. The minimum Gasteiger partial charge on any atom is -0.481 e. The summed E-state index contributed by atoms with van der Waals surface area (Å²) >= 11 is 3.67. The second-order valence-corrected chi connectivity index (χ2v) is 8.97. The maximum Gasteiger partial charge on any atom is 0.307 e. The number of thiophene rings is 2. The lowest BCUT2D eigenvalue weighted by atomic mass is 9.98. The zero-order valence-corrected chi connectivity index (χ0v) is 19.1. The van der Waals surface area contributed by atoms with Crippen LogP contribution in [-0.4, -0.2) is 35.6 Å². The monoisotopic (exact) mass is 439 g/mol. The van der Waals surface area contributed by atoms with Gasteiger partial charge in [0.2, 0.25) is 0 Å². The number of likely N-dealkylation sites (tertiary alicyclic amines) is 1. The number of rotatable bonds is 8. The number of piperidine rings is 1. The number of nitrogens with zero attached hydrogens (tertiary/aromatic N) is 1. The van der Waals surface area contributed by atoms with Gasteiger partial charge >= 0.3 is 5.97 Å². The molecule has 0 saturated carbocycles. The maximum absolute atomic E-state index is 11.3. The molecule has 2 aromatic rings. The Morgan fingerprint density at radius 3 is 2.32 bits per heavy atom. The smallest absolute Gasteiger partial charge is 0.307 e.